The van der Waals surface area contributed by atoms with Gasteiger partial charge in [-0.1, -0.05) is 24.3 Å². The molecule has 0 aromatic heterocycles. The zero-order chi connectivity index (χ0) is 11.4. The summed E-state index contributed by atoms with van der Waals surface area (Å²) in [5, 5.41) is 9.41. The van der Waals surface area contributed by atoms with Gasteiger partial charge in [0.15, 0.2) is 0 Å². The zero-order valence-corrected chi connectivity index (χ0v) is 9.52. The Bertz CT molecular complexity index is 567. The summed E-state index contributed by atoms with van der Waals surface area (Å²) in [5.74, 6) is 1.89. The first-order valence-electron chi connectivity index (χ1n) is 6.20. The van der Waals surface area contributed by atoms with E-state index in [1.165, 1.54) is 17.6 Å². The largest absolute Gasteiger partial charge is 0.377 e. The van der Waals surface area contributed by atoms with Crippen molar-refractivity contribution in [3.8, 4) is 6.07 Å². The molecule has 2 nitrogen and oxygen atoms in total. The molecule has 0 N–H and O–H groups in total. The molecule has 1 aromatic rings. The third kappa shape index (κ3) is 1.08. The van der Waals surface area contributed by atoms with Crippen molar-refractivity contribution in [3.63, 3.8) is 0 Å². The number of fused-ring (bicyclic) bond motifs is 2. The third-order valence-corrected chi connectivity index (χ3v) is 4.55. The van der Waals surface area contributed by atoms with E-state index in [2.05, 4.69) is 24.3 Å². The van der Waals surface area contributed by atoms with Crippen molar-refractivity contribution in [2.45, 2.75) is 12.3 Å². The highest BCUT2D eigenvalue weighted by Gasteiger charge is 2.50. The number of hydrogen-bond acceptors (Lipinski definition) is 2. The Hall–Kier alpha value is -1.59. The highest BCUT2D eigenvalue weighted by atomic mass is 16.5. The monoisotopic (exact) mass is 223 g/mol. The first-order valence-corrected chi connectivity index (χ1v) is 6.20. The normalized spacial score (nSPS) is 33.2. The van der Waals surface area contributed by atoms with Gasteiger partial charge in [0, 0.05) is 0 Å². The molecule has 2 heteroatoms. The number of rotatable bonds is 0. The highest BCUT2D eigenvalue weighted by molar-refractivity contribution is 5.84. The number of nitriles is 1. The van der Waals surface area contributed by atoms with Gasteiger partial charge in [0.1, 0.15) is 0 Å². The fraction of sp³-hybridized carbons (Fsp3) is 0.400. The summed E-state index contributed by atoms with van der Waals surface area (Å²) in [7, 11) is 0. The molecule has 1 heterocycles. The predicted octanol–water partition coefficient (Wildman–Crippen LogP) is 2.73. The number of benzene rings is 1. The predicted molar refractivity (Wildman–Crippen MR) is 64.1 cm³/mol. The van der Waals surface area contributed by atoms with E-state index in [0.717, 1.165) is 17.7 Å². The van der Waals surface area contributed by atoms with Crippen molar-refractivity contribution in [1.82, 2.24) is 0 Å². The number of nitrogens with zero attached hydrogens (tertiary/aromatic N) is 1. The van der Waals surface area contributed by atoms with Crippen LogP contribution in [0.5, 0.6) is 0 Å². The van der Waals surface area contributed by atoms with Crippen molar-refractivity contribution < 1.29 is 4.74 Å². The molecular formula is C15H13NO. The molecule has 2 unspecified atom stereocenters. The molecule has 0 bridgehead atoms. The second-order valence-corrected chi connectivity index (χ2v) is 5.24. The molecule has 17 heavy (non-hydrogen) atoms. The quantitative estimate of drug-likeness (QED) is 0.677. The van der Waals surface area contributed by atoms with Gasteiger partial charge in [-0.3, -0.25) is 0 Å². The number of allylic oxidation sites excluding steroid dienone is 1. The van der Waals surface area contributed by atoms with Crippen LogP contribution in [-0.4, -0.2) is 13.2 Å². The lowest BCUT2D eigenvalue weighted by Crippen LogP contribution is -2.46. The minimum atomic E-state index is 0.591. The fourth-order valence-electron chi connectivity index (χ4n) is 3.78. The van der Waals surface area contributed by atoms with Crippen LogP contribution in [-0.2, 0) is 4.74 Å². The molecule has 1 saturated heterocycles. The summed E-state index contributed by atoms with van der Waals surface area (Å²) >= 11 is 0. The third-order valence-electron chi connectivity index (χ3n) is 4.55. The SMILES string of the molecule is N#CC1=C2COC[C@H]3CC(c4ccccc41)C23. The van der Waals surface area contributed by atoms with Gasteiger partial charge >= 0.3 is 0 Å². The van der Waals surface area contributed by atoms with Crippen LogP contribution in [0.25, 0.3) is 5.57 Å². The molecule has 2 aliphatic carbocycles. The van der Waals surface area contributed by atoms with E-state index in [4.69, 9.17) is 4.74 Å². The fourth-order valence-corrected chi connectivity index (χ4v) is 3.78. The molecule has 3 aliphatic rings. The topological polar surface area (TPSA) is 33.0 Å². The maximum atomic E-state index is 9.41. The molecule has 4 rings (SSSR count). The van der Waals surface area contributed by atoms with Gasteiger partial charge in [0.25, 0.3) is 0 Å². The first-order chi connectivity index (χ1) is 8.40. The Labute approximate surface area is 101 Å². The van der Waals surface area contributed by atoms with Crippen molar-refractivity contribution in [3.05, 3.63) is 41.0 Å². The summed E-state index contributed by atoms with van der Waals surface area (Å²) in [6.07, 6.45) is 1.23. The van der Waals surface area contributed by atoms with Crippen molar-refractivity contribution in [2.75, 3.05) is 13.2 Å². The number of hydrogen-bond donors (Lipinski definition) is 0. The van der Waals surface area contributed by atoms with Crippen molar-refractivity contribution >= 4 is 5.57 Å². The minimum Gasteiger partial charge on any atom is -0.377 e. The Morgan fingerprint density at radius 1 is 1.29 bits per heavy atom. The van der Waals surface area contributed by atoms with Crippen molar-refractivity contribution in [2.24, 2.45) is 11.8 Å². The molecule has 3 atom stereocenters. The lowest BCUT2D eigenvalue weighted by Gasteiger charge is -2.52. The molecule has 1 aliphatic heterocycles. The van der Waals surface area contributed by atoms with Crippen LogP contribution in [0.3, 0.4) is 0 Å². The summed E-state index contributed by atoms with van der Waals surface area (Å²) < 4.78 is 5.63. The van der Waals surface area contributed by atoms with E-state index in [1.54, 1.807) is 0 Å². The average Bonchev–Trinajstić information content (AvgIpc) is 2.34. The lowest BCUT2D eigenvalue weighted by atomic mass is 9.54. The van der Waals surface area contributed by atoms with Gasteiger partial charge in [-0.15, -0.1) is 0 Å². The Balaban J connectivity index is 1.98. The highest BCUT2D eigenvalue weighted by Crippen LogP contribution is 2.58. The van der Waals surface area contributed by atoms with E-state index < -0.39 is 0 Å². The van der Waals surface area contributed by atoms with Crippen LogP contribution in [0.15, 0.2) is 29.8 Å². The summed E-state index contributed by atoms with van der Waals surface area (Å²) in [5.41, 5.74) is 4.68. The second-order valence-electron chi connectivity index (χ2n) is 5.24. The van der Waals surface area contributed by atoms with Crippen LogP contribution in [0.4, 0.5) is 0 Å². The van der Waals surface area contributed by atoms with Gasteiger partial charge in [-0.2, -0.15) is 5.26 Å². The summed E-state index contributed by atoms with van der Waals surface area (Å²) in [6.45, 7) is 1.54. The summed E-state index contributed by atoms with van der Waals surface area (Å²) in [6, 6.07) is 10.8. The van der Waals surface area contributed by atoms with E-state index >= 15 is 0 Å². The maximum Gasteiger partial charge on any atom is 0.0998 e. The standard InChI is InChI=1S/C15H13NO/c16-6-13-11-4-2-1-3-10(11)12-5-9-7-17-8-14(13)15(9)12/h1-4,9,12,15H,5,7-8H2/t9-,12?,15?/m1/s1. The molecule has 84 valence electrons. The molecular weight excluding hydrogens is 210 g/mol. The molecule has 2 fully saturated rings. The second kappa shape index (κ2) is 3.21. The summed E-state index contributed by atoms with van der Waals surface area (Å²) in [4.78, 5) is 0. The van der Waals surface area contributed by atoms with E-state index in [-0.39, 0.29) is 0 Å². The van der Waals surface area contributed by atoms with E-state index in [9.17, 15) is 5.26 Å². The van der Waals surface area contributed by atoms with Gasteiger partial charge in [0.2, 0.25) is 0 Å². The smallest absolute Gasteiger partial charge is 0.0998 e. The molecule has 0 radical (unpaired) electrons. The zero-order valence-electron chi connectivity index (χ0n) is 9.52. The average molecular weight is 223 g/mol. The Morgan fingerprint density at radius 2 is 2.18 bits per heavy atom. The van der Waals surface area contributed by atoms with Gasteiger partial charge in [-0.25, -0.2) is 0 Å². The van der Waals surface area contributed by atoms with Crippen molar-refractivity contribution in [1.29, 1.82) is 5.26 Å². The Morgan fingerprint density at radius 3 is 3.06 bits per heavy atom. The molecule has 1 saturated carbocycles. The van der Waals surface area contributed by atoms with Crippen LogP contribution in [0.1, 0.15) is 23.5 Å². The Kier molecular flexibility index (Phi) is 1.78. The van der Waals surface area contributed by atoms with Gasteiger partial charge in [-0.05, 0) is 40.9 Å². The number of ether oxygens (including phenoxy) is 1. The van der Waals surface area contributed by atoms with Crippen LogP contribution < -0.4 is 0 Å². The van der Waals surface area contributed by atoms with Crippen LogP contribution in [0.2, 0.25) is 0 Å². The molecule has 1 aromatic carbocycles. The van der Waals surface area contributed by atoms with Gasteiger partial charge < -0.3 is 4.74 Å². The van der Waals surface area contributed by atoms with E-state index in [1.807, 2.05) is 6.07 Å². The minimum absolute atomic E-state index is 0.591. The maximum absolute atomic E-state index is 9.41. The van der Waals surface area contributed by atoms with E-state index in [0.29, 0.717) is 24.4 Å². The lowest BCUT2D eigenvalue weighted by molar-refractivity contribution is -0.00716. The van der Waals surface area contributed by atoms with Gasteiger partial charge in [0.05, 0.1) is 24.9 Å². The molecule has 0 amide bonds. The first kappa shape index (κ1) is 9.44. The molecule has 0 spiro atoms. The van der Waals surface area contributed by atoms with Crippen LogP contribution >= 0.6 is 0 Å². The van der Waals surface area contributed by atoms with Crippen LogP contribution in [0, 0.1) is 23.2 Å².